The van der Waals surface area contributed by atoms with E-state index in [9.17, 15) is 4.79 Å². The van der Waals surface area contributed by atoms with E-state index in [0.717, 1.165) is 30.1 Å². The molecule has 31 heavy (non-hydrogen) atoms. The molecule has 0 aliphatic carbocycles. The molecule has 0 bridgehead atoms. The van der Waals surface area contributed by atoms with Crippen LogP contribution in [-0.2, 0) is 0 Å². The number of benzene rings is 1. The first-order valence-electron chi connectivity index (χ1n) is 9.94. The van der Waals surface area contributed by atoms with Crippen LogP contribution in [0.3, 0.4) is 0 Å². The predicted molar refractivity (Wildman–Crippen MR) is 118 cm³/mol. The molecule has 1 atom stereocenters. The molecule has 1 saturated heterocycles. The van der Waals surface area contributed by atoms with E-state index >= 15 is 0 Å². The molecule has 0 spiro atoms. The van der Waals surface area contributed by atoms with Gasteiger partial charge >= 0.3 is 0 Å². The molecule has 0 saturated carbocycles. The maximum absolute atomic E-state index is 12.7. The van der Waals surface area contributed by atoms with Crippen molar-refractivity contribution in [3.63, 3.8) is 0 Å². The number of thiazole rings is 1. The first-order valence-corrected chi connectivity index (χ1v) is 10.8. The molecule has 0 unspecified atom stereocenters. The van der Waals surface area contributed by atoms with Crippen LogP contribution in [0.2, 0.25) is 0 Å². The third kappa shape index (κ3) is 4.29. The number of hydrogen-bond acceptors (Lipinski definition) is 8. The van der Waals surface area contributed by atoms with Gasteiger partial charge in [-0.05, 0) is 31.0 Å². The number of nitrogens with one attached hydrogen (secondary N) is 2. The molecule has 0 radical (unpaired) electrons. The summed E-state index contributed by atoms with van der Waals surface area (Å²) in [5.41, 5.74) is 1.74. The lowest BCUT2D eigenvalue weighted by Gasteiger charge is -2.24. The van der Waals surface area contributed by atoms with Gasteiger partial charge < -0.3 is 24.4 Å². The van der Waals surface area contributed by atoms with Crippen LogP contribution in [0.15, 0.2) is 29.8 Å². The van der Waals surface area contributed by atoms with E-state index in [4.69, 9.17) is 14.2 Å². The molecule has 1 aromatic carbocycles. The number of amides is 1. The molecular formula is C21H25N5O4S. The summed E-state index contributed by atoms with van der Waals surface area (Å²) >= 11 is 1.62. The molecule has 2 aromatic heterocycles. The number of rotatable bonds is 8. The van der Waals surface area contributed by atoms with Crippen molar-refractivity contribution in [2.45, 2.75) is 18.9 Å². The van der Waals surface area contributed by atoms with E-state index in [1.807, 2.05) is 11.6 Å². The third-order valence-corrected chi connectivity index (χ3v) is 6.13. The molecule has 4 rings (SSSR count). The predicted octanol–water partition coefficient (Wildman–Crippen LogP) is 2.96. The van der Waals surface area contributed by atoms with Crippen molar-refractivity contribution in [2.75, 3.05) is 39.3 Å². The molecule has 164 valence electrons. The number of carbonyl (C=O) groups is 1. The number of hydrogen-bond donors (Lipinski definition) is 2. The smallest absolute Gasteiger partial charge is 0.269 e. The van der Waals surface area contributed by atoms with Gasteiger partial charge in [-0.2, -0.15) is 5.10 Å². The minimum Gasteiger partial charge on any atom is -0.493 e. The second-order valence-electron chi connectivity index (χ2n) is 7.10. The second kappa shape index (κ2) is 9.25. The molecule has 1 aliphatic heterocycles. The van der Waals surface area contributed by atoms with Gasteiger partial charge in [-0.25, -0.2) is 4.98 Å². The van der Waals surface area contributed by atoms with Crippen LogP contribution in [0.25, 0.3) is 11.3 Å². The van der Waals surface area contributed by atoms with Crippen LogP contribution in [0, 0.1) is 0 Å². The topological polar surface area (TPSA) is 102 Å². The Labute approximate surface area is 184 Å². The van der Waals surface area contributed by atoms with Gasteiger partial charge in [0, 0.05) is 36.3 Å². The van der Waals surface area contributed by atoms with Gasteiger partial charge in [-0.1, -0.05) is 0 Å². The highest BCUT2D eigenvalue weighted by atomic mass is 32.1. The molecule has 10 heteroatoms. The van der Waals surface area contributed by atoms with Crippen LogP contribution in [0.1, 0.15) is 23.3 Å². The van der Waals surface area contributed by atoms with E-state index in [-0.39, 0.29) is 11.9 Å². The number of anilines is 1. The van der Waals surface area contributed by atoms with Crippen LogP contribution in [-0.4, -0.2) is 61.5 Å². The highest BCUT2D eigenvalue weighted by Crippen LogP contribution is 2.40. The standard InChI is InChI=1S/C21H25N5O4S/c1-28-17-9-13(10-18(29-2)19(17)30-3)15-11-16(25-24-15)20(27)23-12-14-5-4-7-26(14)21-22-6-8-31-21/h6,8-11,14H,4-5,7,12H2,1-3H3,(H,23,27)(H,24,25)/t14-/m0/s1. The number of methoxy groups -OCH3 is 3. The maximum Gasteiger partial charge on any atom is 0.269 e. The quantitative estimate of drug-likeness (QED) is 0.552. The summed E-state index contributed by atoms with van der Waals surface area (Å²) in [6.45, 7) is 1.51. The van der Waals surface area contributed by atoms with Crippen LogP contribution < -0.4 is 24.4 Å². The minimum absolute atomic E-state index is 0.197. The van der Waals surface area contributed by atoms with E-state index in [2.05, 4.69) is 25.4 Å². The Bertz CT molecular complexity index is 1010. The summed E-state index contributed by atoms with van der Waals surface area (Å²) in [6.07, 6.45) is 3.93. The lowest BCUT2D eigenvalue weighted by Crippen LogP contribution is -2.40. The summed E-state index contributed by atoms with van der Waals surface area (Å²) in [5.74, 6) is 1.35. The summed E-state index contributed by atoms with van der Waals surface area (Å²) < 4.78 is 16.2. The second-order valence-corrected chi connectivity index (χ2v) is 7.97. The lowest BCUT2D eigenvalue weighted by atomic mass is 10.1. The van der Waals surface area contributed by atoms with Crippen molar-refractivity contribution in [3.05, 3.63) is 35.5 Å². The molecule has 1 amide bonds. The summed E-state index contributed by atoms with van der Waals surface area (Å²) in [6, 6.07) is 5.55. The monoisotopic (exact) mass is 443 g/mol. The van der Waals surface area contributed by atoms with Crippen molar-refractivity contribution < 1.29 is 19.0 Å². The van der Waals surface area contributed by atoms with Crippen molar-refractivity contribution in [1.82, 2.24) is 20.5 Å². The zero-order valence-electron chi connectivity index (χ0n) is 17.7. The van der Waals surface area contributed by atoms with Gasteiger partial charge in [0.15, 0.2) is 16.6 Å². The Balaban J connectivity index is 1.46. The Hall–Kier alpha value is -3.27. The van der Waals surface area contributed by atoms with E-state index < -0.39 is 0 Å². The van der Waals surface area contributed by atoms with E-state index in [0.29, 0.717) is 35.2 Å². The van der Waals surface area contributed by atoms with Gasteiger partial charge in [-0.3, -0.25) is 9.89 Å². The Morgan fingerprint density at radius 1 is 1.23 bits per heavy atom. The molecule has 1 fully saturated rings. The van der Waals surface area contributed by atoms with Crippen molar-refractivity contribution >= 4 is 22.4 Å². The fraction of sp³-hybridized carbons (Fsp3) is 0.381. The zero-order valence-corrected chi connectivity index (χ0v) is 18.5. The fourth-order valence-electron chi connectivity index (χ4n) is 3.78. The van der Waals surface area contributed by atoms with Crippen molar-refractivity contribution in [2.24, 2.45) is 0 Å². The number of ether oxygens (including phenoxy) is 3. The molecule has 1 aliphatic rings. The number of aromatic nitrogens is 3. The number of H-pyrrole nitrogens is 1. The van der Waals surface area contributed by atoms with Crippen LogP contribution >= 0.6 is 11.3 Å². The Morgan fingerprint density at radius 2 is 2.00 bits per heavy atom. The molecule has 3 aromatic rings. The highest BCUT2D eigenvalue weighted by molar-refractivity contribution is 7.13. The van der Waals surface area contributed by atoms with Gasteiger partial charge in [-0.15, -0.1) is 11.3 Å². The summed E-state index contributed by atoms with van der Waals surface area (Å²) in [5, 5.41) is 13.1. The first kappa shape index (κ1) is 21.0. The SMILES string of the molecule is COc1cc(-c2cc(C(=O)NC[C@@H]3CCCN3c3nccs3)[nH]n2)cc(OC)c1OC. The molecule has 9 nitrogen and oxygen atoms in total. The molecule has 3 heterocycles. The average Bonchev–Trinajstić information content (AvgIpc) is 3.56. The average molecular weight is 444 g/mol. The summed E-state index contributed by atoms with van der Waals surface area (Å²) in [7, 11) is 4.67. The number of nitrogens with zero attached hydrogens (tertiary/aromatic N) is 3. The van der Waals surface area contributed by atoms with E-state index in [1.54, 1.807) is 50.9 Å². The van der Waals surface area contributed by atoms with E-state index in [1.165, 1.54) is 0 Å². The van der Waals surface area contributed by atoms with Crippen LogP contribution in [0.4, 0.5) is 5.13 Å². The van der Waals surface area contributed by atoms with Crippen LogP contribution in [0.5, 0.6) is 17.2 Å². The van der Waals surface area contributed by atoms with Crippen molar-refractivity contribution in [3.8, 4) is 28.5 Å². The first-order chi connectivity index (χ1) is 15.1. The number of aromatic amines is 1. The maximum atomic E-state index is 12.7. The summed E-state index contributed by atoms with van der Waals surface area (Å²) in [4.78, 5) is 19.4. The number of carbonyl (C=O) groups excluding carboxylic acids is 1. The fourth-order valence-corrected chi connectivity index (χ4v) is 4.52. The van der Waals surface area contributed by atoms with Gasteiger partial charge in [0.05, 0.1) is 27.0 Å². The minimum atomic E-state index is -0.197. The zero-order chi connectivity index (χ0) is 21.8. The third-order valence-electron chi connectivity index (χ3n) is 5.32. The molecular weight excluding hydrogens is 418 g/mol. The molecule has 2 N–H and O–H groups in total. The van der Waals surface area contributed by atoms with Gasteiger partial charge in [0.1, 0.15) is 5.69 Å². The normalized spacial score (nSPS) is 15.7. The van der Waals surface area contributed by atoms with Gasteiger partial charge in [0.2, 0.25) is 5.75 Å². The lowest BCUT2D eigenvalue weighted by molar-refractivity contribution is 0.0946. The highest BCUT2D eigenvalue weighted by Gasteiger charge is 2.27. The largest absolute Gasteiger partial charge is 0.493 e. The van der Waals surface area contributed by atoms with Gasteiger partial charge in [0.25, 0.3) is 5.91 Å². The van der Waals surface area contributed by atoms with Crippen molar-refractivity contribution in [1.29, 1.82) is 0 Å². The Kier molecular flexibility index (Phi) is 6.26. The Morgan fingerprint density at radius 3 is 2.65 bits per heavy atom.